The second kappa shape index (κ2) is 2.76. The molecule has 0 amide bonds. The van der Waals surface area contributed by atoms with E-state index in [9.17, 15) is 0 Å². The van der Waals surface area contributed by atoms with Crippen LogP contribution in [0.15, 0.2) is 12.2 Å². The average Bonchev–Trinajstić information content (AvgIpc) is 3.07. The summed E-state index contributed by atoms with van der Waals surface area (Å²) in [6.45, 7) is 12.2. The van der Waals surface area contributed by atoms with Crippen LogP contribution in [0.3, 0.4) is 0 Å². The van der Waals surface area contributed by atoms with Crippen LogP contribution in [-0.4, -0.2) is 0 Å². The highest BCUT2D eigenvalue weighted by molar-refractivity contribution is 5.39. The lowest BCUT2D eigenvalue weighted by atomic mass is 9.53. The molecule has 90 valence electrons. The molecule has 5 unspecified atom stereocenters. The van der Waals surface area contributed by atoms with Crippen molar-refractivity contribution in [1.82, 2.24) is 0 Å². The van der Waals surface area contributed by atoms with Crippen molar-refractivity contribution < 1.29 is 0 Å². The highest BCUT2D eigenvalue weighted by Crippen LogP contribution is 2.97. The molecule has 0 saturated heterocycles. The molecular formula is C16H26. The van der Waals surface area contributed by atoms with Crippen molar-refractivity contribution in [2.45, 2.75) is 53.9 Å². The molecule has 0 aromatic rings. The van der Waals surface area contributed by atoms with Crippen LogP contribution in [0.5, 0.6) is 0 Å². The van der Waals surface area contributed by atoms with E-state index in [1.807, 2.05) is 0 Å². The first-order chi connectivity index (χ1) is 7.43. The molecule has 0 N–H and O–H groups in total. The zero-order valence-electron chi connectivity index (χ0n) is 11.5. The molecule has 0 aliphatic heterocycles. The van der Waals surface area contributed by atoms with E-state index in [1.54, 1.807) is 0 Å². The van der Waals surface area contributed by atoms with E-state index in [2.05, 4.69) is 46.8 Å². The van der Waals surface area contributed by atoms with Crippen LogP contribution in [0.25, 0.3) is 0 Å². The van der Waals surface area contributed by atoms with Gasteiger partial charge < -0.3 is 0 Å². The molecule has 0 radical (unpaired) electrons. The van der Waals surface area contributed by atoms with E-state index in [0.717, 1.165) is 28.6 Å². The van der Waals surface area contributed by atoms with Gasteiger partial charge in [-0.1, -0.05) is 39.8 Å². The predicted molar refractivity (Wildman–Crippen MR) is 69.1 cm³/mol. The van der Waals surface area contributed by atoms with Crippen LogP contribution in [0.2, 0.25) is 0 Å². The summed E-state index contributed by atoms with van der Waals surface area (Å²) in [5, 5.41) is 0. The van der Waals surface area contributed by atoms with Crippen LogP contribution in [0, 0.1) is 34.0 Å². The minimum Gasteiger partial charge on any atom is -0.0914 e. The molecule has 1 spiro atoms. The Bertz CT molecular complexity index is 349. The van der Waals surface area contributed by atoms with Crippen LogP contribution >= 0.6 is 0 Å². The van der Waals surface area contributed by atoms with E-state index < -0.39 is 0 Å². The van der Waals surface area contributed by atoms with E-state index in [0.29, 0.717) is 5.41 Å². The molecule has 5 atom stereocenters. The number of hydrogen-bond donors (Lipinski definition) is 0. The minimum absolute atomic E-state index is 0.643. The first-order valence-corrected chi connectivity index (χ1v) is 7.06. The summed E-state index contributed by atoms with van der Waals surface area (Å²) >= 11 is 0. The third-order valence-corrected chi connectivity index (χ3v) is 6.76. The van der Waals surface area contributed by atoms with E-state index in [1.165, 1.54) is 19.3 Å². The fraction of sp³-hybridized carbons (Fsp3) is 0.875. The lowest BCUT2D eigenvalue weighted by Gasteiger charge is -2.51. The Kier molecular flexibility index (Phi) is 1.88. The molecule has 3 aliphatic rings. The van der Waals surface area contributed by atoms with Crippen molar-refractivity contribution in [3.05, 3.63) is 12.2 Å². The summed E-state index contributed by atoms with van der Waals surface area (Å²) in [7, 11) is 0. The summed E-state index contributed by atoms with van der Waals surface area (Å²) in [4.78, 5) is 0. The number of allylic oxidation sites excluding steroid dienone is 2. The van der Waals surface area contributed by atoms with E-state index in [-0.39, 0.29) is 0 Å². The monoisotopic (exact) mass is 218 g/mol. The quantitative estimate of drug-likeness (QED) is 0.604. The molecule has 3 fully saturated rings. The summed E-state index contributed by atoms with van der Waals surface area (Å²) < 4.78 is 0. The predicted octanol–water partition coefficient (Wildman–Crippen LogP) is 4.66. The van der Waals surface area contributed by atoms with Crippen LogP contribution < -0.4 is 0 Å². The molecule has 3 saturated carbocycles. The highest BCUT2D eigenvalue weighted by Gasteiger charge is 2.92. The Labute approximate surface area is 101 Å². The lowest BCUT2D eigenvalue weighted by molar-refractivity contribution is -0.0290. The summed E-state index contributed by atoms with van der Waals surface area (Å²) in [5.41, 5.74) is 2.22. The fourth-order valence-electron chi connectivity index (χ4n) is 5.98. The van der Waals surface area contributed by atoms with Crippen LogP contribution in [0.4, 0.5) is 0 Å². The number of hydrogen-bond acceptors (Lipinski definition) is 0. The maximum Gasteiger partial charge on any atom is -0.0196 e. The molecule has 0 heterocycles. The summed E-state index contributed by atoms with van der Waals surface area (Å²) in [6.07, 6.45) is 9.07. The Morgan fingerprint density at radius 3 is 2.38 bits per heavy atom. The molecule has 0 aromatic carbocycles. The Hall–Kier alpha value is -0.260. The molecular weight excluding hydrogens is 192 g/mol. The van der Waals surface area contributed by atoms with Gasteiger partial charge in [0.15, 0.2) is 0 Å². The largest absolute Gasteiger partial charge is 0.0914 e. The summed E-state index contributed by atoms with van der Waals surface area (Å²) in [6, 6.07) is 0. The minimum atomic E-state index is 0.643. The SMILES string of the molecule is CC=CC(C)CC1(C)C(C)C2(C)C1C21CC1. The molecule has 0 aromatic heterocycles. The normalized spacial score (nSPS) is 53.6. The maximum absolute atomic E-state index is 2.57. The third kappa shape index (κ3) is 0.901. The molecule has 0 bridgehead atoms. The second-order valence-electron chi connectivity index (χ2n) is 7.31. The Balaban J connectivity index is 1.77. The molecule has 0 heteroatoms. The van der Waals surface area contributed by atoms with E-state index >= 15 is 0 Å². The molecule has 3 aliphatic carbocycles. The Morgan fingerprint density at radius 1 is 1.31 bits per heavy atom. The molecule has 3 rings (SSSR count). The standard InChI is InChI=1S/C16H26/c1-6-7-11(2)10-14(4)12(3)15(5)13(14)16(15)8-9-16/h6-7,11-13H,8-10H2,1-5H3. The first kappa shape index (κ1) is 10.9. The van der Waals surface area contributed by atoms with Gasteiger partial charge >= 0.3 is 0 Å². The van der Waals surface area contributed by atoms with Crippen LogP contribution in [-0.2, 0) is 0 Å². The number of rotatable bonds is 3. The molecule has 0 nitrogen and oxygen atoms in total. The van der Waals surface area contributed by atoms with Crippen molar-refractivity contribution in [2.24, 2.45) is 34.0 Å². The van der Waals surface area contributed by atoms with Gasteiger partial charge in [0.2, 0.25) is 0 Å². The van der Waals surface area contributed by atoms with Gasteiger partial charge in [-0.25, -0.2) is 0 Å². The fourth-order valence-corrected chi connectivity index (χ4v) is 5.98. The summed E-state index contributed by atoms with van der Waals surface area (Å²) in [5.74, 6) is 2.77. The van der Waals surface area contributed by atoms with Gasteiger partial charge in [-0.05, 0) is 60.2 Å². The van der Waals surface area contributed by atoms with Crippen LogP contribution in [0.1, 0.15) is 53.9 Å². The van der Waals surface area contributed by atoms with Crippen molar-refractivity contribution in [2.75, 3.05) is 0 Å². The average molecular weight is 218 g/mol. The van der Waals surface area contributed by atoms with Gasteiger partial charge in [-0.15, -0.1) is 0 Å². The van der Waals surface area contributed by atoms with Crippen molar-refractivity contribution >= 4 is 0 Å². The van der Waals surface area contributed by atoms with Crippen molar-refractivity contribution in [3.63, 3.8) is 0 Å². The van der Waals surface area contributed by atoms with Gasteiger partial charge in [0.1, 0.15) is 0 Å². The third-order valence-electron chi connectivity index (χ3n) is 6.76. The maximum atomic E-state index is 2.57. The van der Waals surface area contributed by atoms with Crippen molar-refractivity contribution in [3.8, 4) is 0 Å². The molecule has 16 heavy (non-hydrogen) atoms. The topological polar surface area (TPSA) is 0 Å². The van der Waals surface area contributed by atoms with Gasteiger partial charge in [-0.2, -0.15) is 0 Å². The second-order valence-corrected chi connectivity index (χ2v) is 7.31. The van der Waals surface area contributed by atoms with E-state index in [4.69, 9.17) is 0 Å². The first-order valence-electron chi connectivity index (χ1n) is 7.06. The van der Waals surface area contributed by atoms with Gasteiger partial charge in [0.25, 0.3) is 0 Å². The highest BCUT2D eigenvalue weighted by atomic mass is 15.0. The van der Waals surface area contributed by atoms with Gasteiger partial charge in [0.05, 0.1) is 0 Å². The Morgan fingerprint density at radius 2 is 1.94 bits per heavy atom. The van der Waals surface area contributed by atoms with Crippen molar-refractivity contribution in [1.29, 1.82) is 0 Å². The zero-order valence-corrected chi connectivity index (χ0v) is 11.5. The van der Waals surface area contributed by atoms with Gasteiger partial charge in [0, 0.05) is 0 Å². The zero-order chi connectivity index (χ0) is 11.8. The smallest absolute Gasteiger partial charge is 0.0196 e. The van der Waals surface area contributed by atoms with Gasteiger partial charge in [-0.3, -0.25) is 0 Å². The number of fused-ring (bicyclic) bond motifs is 3. The lowest BCUT2D eigenvalue weighted by Crippen LogP contribution is -2.45.